The topological polar surface area (TPSA) is 50.1 Å². The predicted molar refractivity (Wildman–Crippen MR) is 102 cm³/mol. The summed E-state index contributed by atoms with van der Waals surface area (Å²) in [5.74, 6) is 1.59. The molecular formula is C19H27N3OS. The van der Waals surface area contributed by atoms with Gasteiger partial charge >= 0.3 is 0 Å². The standard InChI is InChI=1S/C19H27N3OS/c1-14(2)24-22-18-7-3-15(4-8-18)11-21-17-9-5-16(6-10-17)19-12-20-13-23-19/h5-6,9-10,12-15,18,21-22H,3-4,7-8,11H2,1-2H3. The lowest BCUT2D eigenvalue weighted by molar-refractivity contribution is 0.328. The zero-order chi connectivity index (χ0) is 16.8. The minimum absolute atomic E-state index is 0.657. The van der Waals surface area contributed by atoms with E-state index in [4.69, 9.17) is 4.42 Å². The molecule has 1 aliphatic carbocycles. The van der Waals surface area contributed by atoms with E-state index >= 15 is 0 Å². The molecule has 3 rings (SSSR count). The summed E-state index contributed by atoms with van der Waals surface area (Å²) in [5, 5.41) is 4.24. The third-order valence-corrected chi connectivity index (χ3v) is 5.45. The van der Waals surface area contributed by atoms with Gasteiger partial charge in [0.1, 0.15) is 0 Å². The quantitative estimate of drug-likeness (QED) is 0.695. The molecule has 1 aliphatic rings. The lowest BCUT2D eigenvalue weighted by Gasteiger charge is -2.29. The monoisotopic (exact) mass is 345 g/mol. The van der Waals surface area contributed by atoms with Crippen molar-refractivity contribution < 1.29 is 4.42 Å². The summed E-state index contributed by atoms with van der Waals surface area (Å²) >= 11 is 1.87. The van der Waals surface area contributed by atoms with Crippen LogP contribution >= 0.6 is 11.9 Å². The van der Waals surface area contributed by atoms with E-state index < -0.39 is 0 Å². The van der Waals surface area contributed by atoms with E-state index in [1.165, 1.54) is 37.8 Å². The van der Waals surface area contributed by atoms with Gasteiger partial charge in [0.2, 0.25) is 0 Å². The number of oxazole rings is 1. The Hall–Kier alpha value is -1.46. The van der Waals surface area contributed by atoms with Crippen LogP contribution in [0.15, 0.2) is 41.3 Å². The fourth-order valence-corrected chi connectivity index (χ4v) is 3.79. The van der Waals surface area contributed by atoms with E-state index in [1.807, 2.05) is 11.9 Å². The van der Waals surface area contributed by atoms with Crippen LogP contribution in [0, 0.1) is 5.92 Å². The van der Waals surface area contributed by atoms with E-state index in [9.17, 15) is 0 Å². The first-order valence-electron chi connectivity index (χ1n) is 8.84. The molecule has 0 bridgehead atoms. The Labute approximate surface area is 149 Å². The van der Waals surface area contributed by atoms with Crippen LogP contribution in [0.4, 0.5) is 5.69 Å². The lowest BCUT2D eigenvalue weighted by atomic mass is 9.86. The van der Waals surface area contributed by atoms with Crippen LogP contribution in [0.5, 0.6) is 0 Å². The first kappa shape index (κ1) is 17.4. The highest BCUT2D eigenvalue weighted by molar-refractivity contribution is 7.98. The molecule has 1 aromatic carbocycles. The molecule has 2 N–H and O–H groups in total. The summed E-state index contributed by atoms with van der Waals surface area (Å²) in [5.41, 5.74) is 2.24. The summed E-state index contributed by atoms with van der Waals surface area (Å²) in [6.07, 6.45) is 8.39. The molecule has 1 aromatic heterocycles. The maximum atomic E-state index is 5.32. The van der Waals surface area contributed by atoms with Gasteiger partial charge in [-0.1, -0.05) is 25.8 Å². The third-order valence-electron chi connectivity index (χ3n) is 4.51. The van der Waals surface area contributed by atoms with Crippen molar-refractivity contribution in [3.05, 3.63) is 36.9 Å². The Kier molecular flexibility index (Phi) is 6.21. The fourth-order valence-electron chi connectivity index (χ4n) is 3.09. The van der Waals surface area contributed by atoms with E-state index in [0.717, 1.165) is 23.8 Å². The Morgan fingerprint density at radius 1 is 1.17 bits per heavy atom. The molecular weight excluding hydrogens is 318 g/mol. The van der Waals surface area contributed by atoms with Gasteiger partial charge in [-0.25, -0.2) is 4.98 Å². The Balaban J connectivity index is 1.40. The molecule has 0 spiro atoms. The van der Waals surface area contributed by atoms with Gasteiger partial charge < -0.3 is 9.73 Å². The van der Waals surface area contributed by atoms with E-state index in [-0.39, 0.29) is 0 Å². The van der Waals surface area contributed by atoms with Crippen LogP contribution in [0.1, 0.15) is 39.5 Å². The van der Waals surface area contributed by atoms with Crippen molar-refractivity contribution in [3.63, 3.8) is 0 Å². The molecule has 5 heteroatoms. The minimum Gasteiger partial charge on any atom is -0.444 e. The van der Waals surface area contributed by atoms with Crippen molar-refractivity contribution >= 4 is 17.6 Å². The molecule has 0 atom stereocenters. The normalized spacial score (nSPS) is 21.1. The minimum atomic E-state index is 0.657. The molecule has 130 valence electrons. The van der Waals surface area contributed by atoms with Gasteiger partial charge in [0.25, 0.3) is 0 Å². The van der Waals surface area contributed by atoms with Crippen molar-refractivity contribution in [1.29, 1.82) is 0 Å². The van der Waals surface area contributed by atoms with Crippen LogP contribution in [0.25, 0.3) is 11.3 Å². The zero-order valence-corrected chi connectivity index (χ0v) is 15.3. The summed E-state index contributed by atoms with van der Waals surface area (Å²) < 4.78 is 8.94. The molecule has 2 aromatic rings. The molecule has 4 nitrogen and oxygen atoms in total. The maximum Gasteiger partial charge on any atom is 0.181 e. The largest absolute Gasteiger partial charge is 0.444 e. The number of benzene rings is 1. The van der Waals surface area contributed by atoms with Gasteiger partial charge in [-0.05, 0) is 55.9 Å². The number of nitrogens with one attached hydrogen (secondary N) is 2. The molecule has 0 saturated heterocycles. The predicted octanol–water partition coefficient (Wildman–Crippen LogP) is 4.96. The summed E-state index contributed by atoms with van der Waals surface area (Å²) in [4.78, 5) is 3.96. The van der Waals surface area contributed by atoms with Gasteiger partial charge in [0.05, 0.1) is 6.20 Å². The second-order valence-corrected chi connectivity index (χ2v) is 8.24. The van der Waals surface area contributed by atoms with Gasteiger partial charge in [0.15, 0.2) is 12.2 Å². The number of anilines is 1. The second-order valence-electron chi connectivity index (χ2n) is 6.83. The Bertz CT molecular complexity index is 590. The summed E-state index contributed by atoms with van der Waals surface area (Å²) in [6.45, 7) is 5.54. The smallest absolute Gasteiger partial charge is 0.181 e. The van der Waals surface area contributed by atoms with Crippen LogP contribution in [-0.2, 0) is 0 Å². The Morgan fingerprint density at radius 3 is 2.54 bits per heavy atom. The average molecular weight is 346 g/mol. The van der Waals surface area contributed by atoms with Gasteiger partial charge in [-0.2, -0.15) is 0 Å². The van der Waals surface area contributed by atoms with Gasteiger partial charge in [-0.15, -0.1) is 0 Å². The van der Waals surface area contributed by atoms with Crippen molar-refractivity contribution in [2.75, 3.05) is 11.9 Å². The van der Waals surface area contributed by atoms with Crippen molar-refractivity contribution in [2.24, 2.45) is 5.92 Å². The molecule has 0 radical (unpaired) electrons. The van der Waals surface area contributed by atoms with Gasteiger partial charge in [-0.3, -0.25) is 4.72 Å². The number of hydrogen-bond donors (Lipinski definition) is 2. The molecule has 0 aliphatic heterocycles. The number of nitrogens with zero attached hydrogens (tertiary/aromatic N) is 1. The number of rotatable bonds is 7. The van der Waals surface area contributed by atoms with Crippen LogP contribution < -0.4 is 10.0 Å². The molecule has 0 unspecified atom stereocenters. The van der Waals surface area contributed by atoms with Crippen LogP contribution in [0.2, 0.25) is 0 Å². The third kappa shape index (κ3) is 5.02. The summed E-state index contributed by atoms with van der Waals surface area (Å²) in [6, 6.07) is 9.07. The molecule has 1 heterocycles. The van der Waals surface area contributed by atoms with E-state index in [2.05, 4.69) is 53.1 Å². The number of hydrogen-bond acceptors (Lipinski definition) is 5. The van der Waals surface area contributed by atoms with Crippen molar-refractivity contribution in [2.45, 2.75) is 50.8 Å². The number of aromatic nitrogens is 1. The highest BCUT2D eigenvalue weighted by atomic mass is 32.2. The summed E-state index contributed by atoms with van der Waals surface area (Å²) in [7, 11) is 0. The van der Waals surface area contributed by atoms with Crippen molar-refractivity contribution in [3.8, 4) is 11.3 Å². The SMILES string of the molecule is CC(C)SNC1CCC(CNc2ccc(-c3cnco3)cc2)CC1. The second kappa shape index (κ2) is 8.58. The highest BCUT2D eigenvalue weighted by Gasteiger charge is 2.21. The highest BCUT2D eigenvalue weighted by Crippen LogP contribution is 2.27. The zero-order valence-electron chi connectivity index (χ0n) is 14.5. The lowest BCUT2D eigenvalue weighted by Crippen LogP contribution is -2.31. The fraction of sp³-hybridized carbons (Fsp3) is 0.526. The van der Waals surface area contributed by atoms with Crippen molar-refractivity contribution in [1.82, 2.24) is 9.71 Å². The average Bonchev–Trinajstić information content (AvgIpc) is 3.14. The Morgan fingerprint density at radius 2 is 1.92 bits per heavy atom. The first-order chi connectivity index (χ1) is 11.7. The van der Waals surface area contributed by atoms with Gasteiger partial charge in [0, 0.05) is 29.1 Å². The molecule has 1 saturated carbocycles. The first-order valence-corrected chi connectivity index (χ1v) is 9.72. The van der Waals surface area contributed by atoms with E-state index in [1.54, 1.807) is 6.20 Å². The molecule has 24 heavy (non-hydrogen) atoms. The van der Waals surface area contributed by atoms with E-state index in [0.29, 0.717) is 11.3 Å². The maximum absolute atomic E-state index is 5.32. The van der Waals surface area contributed by atoms with Crippen LogP contribution in [-0.4, -0.2) is 22.8 Å². The molecule has 1 fully saturated rings. The van der Waals surface area contributed by atoms with Crippen LogP contribution in [0.3, 0.4) is 0 Å². The molecule has 0 amide bonds.